The fraction of sp³-hybridized carbons (Fsp3) is 0. The van der Waals surface area contributed by atoms with E-state index in [0.29, 0.717) is 11.2 Å². The van der Waals surface area contributed by atoms with Gasteiger partial charge in [-0.05, 0) is 18.2 Å². The molecule has 0 fully saturated rings. The first-order chi connectivity index (χ1) is 7.22. The minimum absolute atomic E-state index is 0.158. The average molecular weight is 202 g/mol. The van der Waals surface area contributed by atoms with Gasteiger partial charge in [0.25, 0.3) is 0 Å². The Morgan fingerprint density at radius 1 is 1.40 bits per heavy atom. The van der Waals surface area contributed by atoms with Gasteiger partial charge < -0.3 is 17.3 Å². The highest BCUT2D eigenvalue weighted by Crippen LogP contribution is 2.15. The number of amidine groups is 1. The third-order valence-electron chi connectivity index (χ3n) is 2.03. The van der Waals surface area contributed by atoms with Crippen molar-refractivity contribution >= 4 is 22.7 Å². The summed E-state index contributed by atoms with van der Waals surface area (Å²) >= 11 is 0. The predicted octanol–water partition coefficient (Wildman–Crippen LogP) is -0.209. The molecule has 0 radical (unpaired) electrons. The first-order valence-electron chi connectivity index (χ1n) is 4.27. The molecule has 0 saturated carbocycles. The van der Waals surface area contributed by atoms with Crippen LogP contribution in [0.4, 0.5) is 5.82 Å². The van der Waals surface area contributed by atoms with Crippen molar-refractivity contribution in [2.75, 3.05) is 5.73 Å². The predicted molar refractivity (Wildman–Crippen MR) is 58.9 cm³/mol. The van der Waals surface area contributed by atoms with Gasteiger partial charge in [-0.1, -0.05) is 0 Å². The van der Waals surface area contributed by atoms with Crippen LogP contribution in [-0.4, -0.2) is 15.8 Å². The zero-order valence-corrected chi connectivity index (χ0v) is 7.88. The fourth-order valence-corrected chi connectivity index (χ4v) is 1.29. The molecule has 6 nitrogen and oxygen atoms in total. The molecule has 0 aliphatic rings. The third kappa shape index (κ3) is 1.52. The highest BCUT2D eigenvalue weighted by atomic mass is 15.2. The number of anilines is 1. The molecule has 0 saturated heterocycles. The van der Waals surface area contributed by atoms with Crippen LogP contribution < -0.4 is 17.3 Å². The summed E-state index contributed by atoms with van der Waals surface area (Å²) in [5.41, 5.74) is 12.4. The first-order valence-corrected chi connectivity index (χ1v) is 4.27. The van der Waals surface area contributed by atoms with Crippen molar-refractivity contribution in [3.8, 4) is 0 Å². The van der Waals surface area contributed by atoms with E-state index in [1.165, 1.54) is 0 Å². The summed E-state index contributed by atoms with van der Waals surface area (Å²) in [7, 11) is 0. The van der Waals surface area contributed by atoms with Gasteiger partial charge in [-0.3, -0.25) is 0 Å². The van der Waals surface area contributed by atoms with Gasteiger partial charge in [-0.15, -0.1) is 0 Å². The molecule has 0 aromatic carbocycles. The van der Waals surface area contributed by atoms with E-state index in [9.17, 15) is 0 Å². The first kappa shape index (κ1) is 9.20. The summed E-state index contributed by atoms with van der Waals surface area (Å²) in [6.07, 6.45) is 1.65. The van der Waals surface area contributed by atoms with Crippen molar-refractivity contribution < 1.29 is 0 Å². The molecule has 0 amide bonds. The number of fused-ring (bicyclic) bond motifs is 1. The molecule has 0 atom stereocenters. The largest absolute Gasteiger partial charge is 0.383 e. The van der Waals surface area contributed by atoms with Gasteiger partial charge in [0.2, 0.25) is 0 Å². The van der Waals surface area contributed by atoms with Crippen LogP contribution in [0.3, 0.4) is 0 Å². The Labute approximate surface area is 85.8 Å². The van der Waals surface area contributed by atoms with Crippen LogP contribution >= 0.6 is 0 Å². The molecule has 2 heterocycles. The Kier molecular flexibility index (Phi) is 2.09. The molecule has 6 heteroatoms. The van der Waals surface area contributed by atoms with Gasteiger partial charge in [-0.25, -0.2) is 9.97 Å². The number of hydrogen-bond acceptors (Lipinski definition) is 5. The summed E-state index contributed by atoms with van der Waals surface area (Å²) in [6.45, 7) is 0. The maximum absolute atomic E-state index is 5.70. The van der Waals surface area contributed by atoms with E-state index in [1.54, 1.807) is 18.3 Å². The average Bonchev–Trinajstić information content (AvgIpc) is 2.27. The molecule has 2 aromatic rings. The second-order valence-corrected chi connectivity index (χ2v) is 2.99. The van der Waals surface area contributed by atoms with Crippen LogP contribution in [0.1, 0.15) is 5.56 Å². The van der Waals surface area contributed by atoms with Crippen molar-refractivity contribution in [2.24, 2.45) is 16.7 Å². The lowest BCUT2D eigenvalue weighted by molar-refractivity contribution is 1.22. The number of aromatic nitrogens is 2. The summed E-state index contributed by atoms with van der Waals surface area (Å²) in [5, 5.41) is 4.22. The molecule has 6 N–H and O–H groups in total. The van der Waals surface area contributed by atoms with E-state index in [0.717, 1.165) is 5.39 Å². The monoisotopic (exact) mass is 202 g/mol. The van der Waals surface area contributed by atoms with Gasteiger partial charge in [-0.2, -0.15) is 5.10 Å². The van der Waals surface area contributed by atoms with E-state index in [4.69, 9.17) is 17.3 Å². The fourth-order valence-electron chi connectivity index (χ4n) is 1.29. The molecule has 15 heavy (non-hydrogen) atoms. The second kappa shape index (κ2) is 3.41. The van der Waals surface area contributed by atoms with Crippen molar-refractivity contribution in [3.63, 3.8) is 0 Å². The van der Waals surface area contributed by atoms with Crippen LogP contribution in [0.5, 0.6) is 0 Å². The minimum Gasteiger partial charge on any atom is -0.383 e. The third-order valence-corrected chi connectivity index (χ3v) is 2.03. The van der Waals surface area contributed by atoms with Crippen LogP contribution in [0, 0.1) is 0 Å². The van der Waals surface area contributed by atoms with Crippen LogP contribution in [0.2, 0.25) is 0 Å². The molecular weight excluding hydrogens is 192 g/mol. The summed E-state index contributed by atoms with van der Waals surface area (Å²) < 4.78 is 0. The second-order valence-electron chi connectivity index (χ2n) is 2.99. The van der Waals surface area contributed by atoms with Gasteiger partial charge in [0, 0.05) is 11.6 Å². The van der Waals surface area contributed by atoms with Gasteiger partial charge >= 0.3 is 0 Å². The number of nitrogens with zero attached hydrogens (tertiary/aromatic N) is 3. The maximum atomic E-state index is 5.70. The quantitative estimate of drug-likeness (QED) is 0.256. The Hall–Kier alpha value is -2.37. The molecule has 0 aliphatic heterocycles. The number of rotatable bonds is 1. The Bertz CT molecular complexity index is 533. The Morgan fingerprint density at radius 2 is 2.20 bits per heavy atom. The number of hydrogen-bond donors (Lipinski definition) is 3. The van der Waals surface area contributed by atoms with Gasteiger partial charge in [0.05, 0.1) is 5.56 Å². The molecule has 0 bridgehead atoms. The Morgan fingerprint density at radius 3 is 2.93 bits per heavy atom. The van der Waals surface area contributed by atoms with Crippen molar-refractivity contribution in [3.05, 3.63) is 30.0 Å². The molecule has 0 spiro atoms. The van der Waals surface area contributed by atoms with Crippen LogP contribution in [-0.2, 0) is 0 Å². The van der Waals surface area contributed by atoms with Gasteiger partial charge in [0.15, 0.2) is 11.5 Å². The lowest BCUT2D eigenvalue weighted by Crippen LogP contribution is -2.18. The standard InChI is InChI=1S/C9H10N6/c10-7-6(8(11)15-12)4-5-2-1-3-13-9(5)14-7/h1-4H,12H2,(H2,11,15)(H2,10,13,14). The lowest BCUT2D eigenvalue weighted by Gasteiger charge is -2.04. The minimum atomic E-state index is 0.158. The van der Waals surface area contributed by atoms with E-state index >= 15 is 0 Å². The Balaban J connectivity index is 2.72. The SMILES string of the molecule is NN=C(N)c1cc2cccnc2nc1N. The molecule has 2 aromatic heterocycles. The highest BCUT2D eigenvalue weighted by molar-refractivity contribution is 6.03. The van der Waals surface area contributed by atoms with E-state index in [-0.39, 0.29) is 11.7 Å². The van der Waals surface area contributed by atoms with E-state index < -0.39 is 0 Å². The zero-order valence-electron chi connectivity index (χ0n) is 7.88. The number of pyridine rings is 2. The number of nitrogen functional groups attached to an aromatic ring is 1. The van der Waals surface area contributed by atoms with Gasteiger partial charge in [0.1, 0.15) is 5.82 Å². The molecular formula is C9H10N6. The topological polar surface area (TPSA) is 116 Å². The van der Waals surface area contributed by atoms with Crippen LogP contribution in [0.25, 0.3) is 11.0 Å². The van der Waals surface area contributed by atoms with Crippen LogP contribution in [0.15, 0.2) is 29.5 Å². The van der Waals surface area contributed by atoms with E-state index in [1.807, 2.05) is 6.07 Å². The molecule has 0 aliphatic carbocycles. The number of hydrazone groups is 1. The molecule has 2 rings (SSSR count). The maximum Gasteiger partial charge on any atom is 0.161 e. The molecule has 0 unspecified atom stereocenters. The highest BCUT2D eigenvalue weighted by Gasteiger charge is 2.07. The van der Waals surface area contributed by atoms with Crippen molar-refractivity contribution in [2.45, 2.75) is 0 Å². The van der Waals surface area contributed by atoms with E-state index in [2.05, 4.69) is 15.1 Å². The van der Waals surface area contributed by atoms with Crippen molar-refractivity contribution in [1.82, 2.24) is 9.97 Å². The number of nitrogens with two attached hydrogens (primary N) is 3. The zero-order chi connectivity index (χ0) is 10.8. The van der Waals surface area contributed by atoms with Crippen molar-refractivity contribution in [1.29, 1.82) is 0 Å². The normalized spacial score (nSPS) is 11.9. The summed E-state index contributed by atoms with van der Waals surface area (Å²) in [6, 6.07) is 5.43. The summed E-state index contributed by atoms with van der Waals surface area (Å²) in [5.74, 6) is 5.51. The smallest absolute Gasteiger partial charge is 0.161 e. The molecule has 76 valence electrons. The lowest BCUT2D eigenvalue weighted by atomic mass is 10.2. The summed E-state index contributed by atoms with van der Waals surface area (Å²) in [4.78, 5) is 8.16.